The standard InChI is InChI=1S/C10H18N2O/c11-9(13)10(4-2-5-10)8-3-1-6-12-7-8/h8,12H,1-7H2,(H2,11,13)/t8-/m1/s1. The van der Waals surface area contributed by atoms with Gasteiger partial charge in [-0.25, -0.2) is 0 Å². The van der Waals surface area contributed by atoms with Crippen LogP contribution in [0.3, 0.4) is 0 Å². The van der Waals surface area contributed by atoms with Gasteiger partial charge in [0.15, 0.2) is 0 Å². The lowest BCUT2D eigenvalue weighted by molar-refractivity contribution is -0.138. The monoisotopic (exact) mass is 182 g/mol. The normalized spacial score (nSPS) is 32.2. The number of hydrogen-bond acceptors (Lipinski definition) is 2. The summed E-state index contributed by atoms with van der Waals surface area (Å²) in [7, 11) is 0. The maximum Gasteiger partial charge on any atom is 0.223 e. The van der Waals surface area contributed by atoms with Crippen LogP contribution in [0.5, 0.6) is 0 Å². The van der Waals surface area contributed by atoms with E-state index in [4.69, 9.17) is 5.73 Å². The van der Waals surface area contributed by atoms with Gasteiger partial charge in [0.25, 0.3) is 0 Å². The van der Waals surface area contributed by atoms with Crippen LogP contribution in [0.2, 0.25) is 0 Å². The molecular weight excluding hydrogens is 164 g/mol. The third-order valence-corrected chi connectivity index (χ3v) is 3.81. The lowest BCUT2D eigenvalue weighted by atomic mass is 9.59. The molecule has 1 saturated heterocycles. The van der Waals surface area contributed by atoms with Crippen LogP contribution in [0.25, 0.3) is 0 Å². The summed E-state index contributed by atoms with van der Waals surface area (Å²) >= 11 is 0. The van der Waals surface area contributed by atoms with E-state index < -0.39 is 0 Å². The number of nitrogens with one attached hydrogen (secondary N) is 1. The van der Waals surface area contributed by atoms with Crippen LogP contribution in [0.1, 0.15) is 32.1 Å². The molecule has 2 fully saturated rings. The van der Waals surface area contributed by atoms with Crippen molar-refractivity contribution in [2.24, 2.45) is 17.1 Å². The van der Waals surface area contributed by atoms with E-state index in [-0.39, 0.29) is 11.3 Å². The van der Waals surface area contributed by atoms with Gasteiger partial charge in [-0.3, -0.25) is 4.79 Å². The number of rotatable bonds is 2. The van der Waals surface area contributed by atoms with Crippen LogP contribution >= 0.6 is 0 Å². The van der Waals surface area contributed by atoms with Crippen molar-refractivity contribution >= 4 is 5.91 Å². The average molecular weight is 182 g/mol. The van der Waals surface area contributed by atoms with Crippen molar-refractivity contribution in [1.82, 2.24) is 5.32 Å². The zero-order valence-corrected chi connectivity index (χ0v) is 8.01. The van der Waals surface area contributed by atoms with E-state index in [0.29, 0.717) is 5.92 Å². The molecule has 3 nitrogen and oxygen atoms in total. The van der Waals surface area contributed by atoms with Gasteiger partial charge in [0.05, 0.1) is 5.41 Å². The number of carbonyl (C=O) groups excluding carboxylic acids is 1. The zero-order chi connectivity index (χ0) is 9.31. The van der Waals surface area contributed by atoms with E-state index in [1.54, 1.807) is 0 Å². The summed E-state index contributed by atoms with van der Waals surface area (Å²) in [6.07, 6.45) is 5.60. The minimum absolute atomic E-state index is 0.0625. The number of hydrogen-bond donors (Lipinski definition) is 2. The van der Waals surface area contributed by atoms with Gasteiger partial charge in [0.1, 0.15) is 0 Å². The fraction of sp³-hybridized carbons (Fsp3) is 0.900. The summed E-state index contributed by atoms with van der Waals surface area (Å²) in [5, 5.41) is 3.36. The Morgan fingerprint density at radius 2 is 2.15 bits per heavy atom. The van der Waals surface area contributed by atoms with Crippen LogP contribution in [-0.4, -0.2) is 19.0 Å². The molecular formula is C10H18N2O. The summed E-state index contributed by atoms with van der Waals surface area (Å²) in [6, 6.07) is 0. The first-order chi connectivity index (χ1) is 6.26. The Kier molecular flexibility index (Phi) is 2.28. The molecule has 2 aliphatic rings. The highest BCUT2D eigenvalue weighted by Crippen LogP contribution is 2.48. The van der Waals surface area contributed by atoms with E-state index in [2.05, 4.69) is 5.32 Å². The van der Waals surface area contributed by atoms with E-state index >= 15 is 0 Å². The topological polar surface area (TPSA) is 55.1 Å². The molecule has 0 aromatic heterocycles. The molecule has 1 aliphatic carbocycles. The smallest absolute Gasteiger partial charge is 0.223 e. The second-order valence-corrected chi connectivity index (χ2v) is 4.42. The van der Waals surface area contributed by atoms with E-state index in [0.717, 1.165) is 25.9 Å². The first kappa shape index (κ1) is 9.00. The average Bonchev–Trinajstić information content (AvgIpc) is 2.03. The first-order valence-corrected chi connectivity index (χ1v) is 5.26. The molecule has 0 aromatic carbocycles. The van der Waals surface area contributed by atoms with Gasteiger partial charge in [-0.2, -0.15) is 0 Å². The van der Waals surface area contributed by atoms with Crippen molar-refractivity contribution in [3.05, 3.63) is 0 Å². The number of piperidine rings is 1. The second-order valence-electron chi connectivity index (χ2n) is 4.42. The number of carbonyl (C=O) groups is 1. The summed E-state index contributed by atoms with van der Waals surface area (Å²) < 4.78 is 0. The molecule has 2 rings (SSSR count). The van der Waals surface area contributed by atoms with E-state index in [1.165, 1.54) is 19.3 Å². The van der Waals surface area contributed by atoms with Crippen molar-refractivity contribution in [2.75, 3.05) is 13.1 Å². The van der Waals surface area contributed by atoms with Crippen molar-refractivity contribution in [3.8, 4) is 0 Å². The first-order valence-electron chi connectivity index (χ1n) is 5.26. The number of amides is 1. The number of primary amides is 1. The van der Waals surface area contributed by atoms with Gasteiger partial charge >= 0.3 is 0 Å². The molecule has 3 N–H and O–H groups in total. The van der Waals surface area contributed by atoms with Crippen LogP contribution in [0.4, 0.5) is 0 Å². The highest BCUT2D eigenvalue weighted by atomic mass is 16.1. The Labute approximate surface area is 79.1 Å². The minimum Gasteiger partial charge on any atom is -0.369 e. The Morgan fingerprint density at radius 3 is 2.54 bits per heavy atom. The van der Waals surface area contributed by atoms with Crippen LogP contribution in [0.15, 0.2) is 0 Å². The van der Waals surface area contributed by atoms with Gasteiger partial charge in [-0.15, -0.1) is 0 Å². The largest absolute Gasteiger partial charge is 0.369 e. The molecule has 74 valence electrons. The Hall–Kier alpha value is -0.570. The lowest BCUT2D eigenvalue weighted by Gasteiger charge is -2.46. The van der Waals surface area contributed by atoms with Crippen molar-refractivity contribution in [2.45, 2.75) is 32.1 Å². The van der Waals surface area contributed by atoms with Crippen LogP contribution < -0.4 is 11.1 Å². The maximum absolute atomic E-state index is 11.4. The predicted octanol–water partition coefficient (Wildman–Crippen LogP) is 0.642. The molecule has 0 aromatic rings. The molecule has 13 heavy (non-hydrogen) atoms. The molecule has 3 heteroatoms. The minimum atomic E-state index is -0.132. The fourth-order valence-corrected chi connectivity index (χ4v) is 2.74. The maximum atomic E-state index is 11.4. The van der Waals surface area contributed by atoms with E-state index in [1.807, 2.05) is 0 Å². The molecule has 0 unspecified atom stereocenters. The van der Waals surface area contributed by atoms with Crippen LogP contribution in [0, 0.1) is 11.3 Å². The molecule has 0 spiro atoms. The second kappa shape index (κ2) is 3.29. The molecule has 1 atom stereocenters. The Bertz CT molecular complexity index is 205. The van der Waals surface area contributed by atoms with Gasteiger partial charge < -0.3 is 11.1 Å². The highest BCUT2D eigenvalue weighted by molar-refractivity contribution is 5.82. The Balaban J connectivity index is 2.06. The fourth-order valence-electron chi connectivity index (χ4n) is 2.74. The summed E-state index contributed by atoms with van der Waals surface area (Å²) in [5.41, 5.74) is 5.37. The summed E-state index contributed by atoms with van der Waals surface area (Å²) in [5.74, 6) is 0.444. The third-order valence-electron chi connectivity index (χ3n) is 3.81. The molecule has 1 amide bonds. The van der Waals surface area contributed by atoms with Crippen molar-refractivity contribution < 1.29 is 4.79 Å². The van der Waals surface area contributed by atoms with Crippen molar-refractivity contribution in [3.63, 3.8) is 0 Å². The predicted molar refractivity (Wildman–Crippen MR) is 51.1 cm³/mol. The molecule has 1 heterocycles. The summed E-state index contributed by atoms with van der Waals surface area (Å²) in [6.45, 7) is 2.09. The lowest BCUT2D eigenvalue weighted by Crippen LogP contribution is -2.52. The molecule has 0 radical (unpaired) electrons. The Morgan fingerprint density at radius 1 is 1.38 bits per heavy atom. The zero-order valence-electron chi connectivity index (χ0n) is 8.01. The van der Waals surface area contributed by atoms with Gasteiger partial charge in [0.2, 0.25) is 5.91 Å². The number of nitrogens with two attached hydrogens (primary N) is 1. The molecule has 1 aliphatic heterocycles. The van der Waals surface area contributed by atoms with Gasteiger partial charge in [0, 0.05) is 0 Å². The highest BCUT2D eigenvalue weighted by Gasteiger charge is 2.48. The summed E-state index contributed by atoms with van der Waals surface area (Å²) in [4.78, 5) is 11.4. The van der Waals surface area contributed by atoms with Gasteiger partial charge in [-0.05, 0) is 44.7 Å². The van der Waals surface area contributed by atoms with Crippen LogP contribution in [-0.2, 0) is 4.79 Å². The molecule has 1 saturated carbocycles. The van der Waals surface area contributed by atoms with Gasteiger partial charge in [-0.1, -0.05) is 6.42 Å². The SMILES string of the molecule is NC(=O)C1([C@@H]2CCCNC2)CCC1. The third kappa shape index (κ3) is 1.35. The van der Waals surface area contributed by atoms with Crippen molar-refractivity contribution in [1.29, 1.82) is 0 Å². The molecule has 0 bridgehead atoms. The quantitative estimate of drug-likeness (QED) is 0.658. The van der Waals surface area contributed by atoms with E-state index in [9.17, 15) is 4.79 Å².